The maximum atomic E-state index is 10.9. The van der Waals surface area contributed by atoms with Crippen molar-refractivity contribution in [2.75, 3.05) is 0 Å². The van der Waals surface area contributed by atoms with E-state index in [0.717, 1.165) is 0 Å². The Balaban J connectivity index is 2.88. The number of fused-ring (bicyclic) bond motifs is 1. The summed E-state index contributed by atoms with van der Waals surface area (Å²) in [5.74, 6) is -1.05. The molecule has 4 heteroatoms. The van der Waals surface area contributed by atoms with Crippen LogP contribution in [0.25, 0.3) is 10.9 Å². The number of aromatic carboxylic acids is 1. The molecule has 4 nitrogen and oxygen atoms in total. The first kappa shape index (κ1) is 9.16. The maximum absolute atomic E-state index is 10.9. The lowest BCUT2D eigenvalue weighted by Gasteiger charge is -2.01. The Labute approximate surface area is 85.4 Å². The van der Waals surface area contributed by atoms with Gasteiger partial charge in [0, 0.05) is 5.39 Å². The largest absolute Gasteiger partial charge is 0.478 e. The van der Waals surface area contributed by atoms with E-state index in [2.05, 4.69) is 4.98 Å². The van der Waals surface area contributed by atoms with Crippen LogP contribution in [0.4, 0.5) is 0 Å². The fourth-order valence-corrected chi connectivity index (χ4v) is 1.41. The van der Waals surface area contributed by atoms with Gasteiger partial charge < -0.3 is 5.11 Å². The summed E-state index contributed by atoms with van der Waals surface area (Å²) in [7, 11) is 0. The summed E-state index contributed by atoms with van der Waals surface area (Å²) in [4.78, 5) is 15.0. The second-order valence-electron chi connectivity index (χ2n) is 2.99. The molecule has 0 saturated carbocycles. The fourth-order valence-electron chi connectivity index (χ4n) is 1.41. The number of rotatable bonds is 1. The zero-order valence-electron chi connectivity index (χ0n) is 7.64. The van der Waals surface area contributed by atoms with Crippen molar-refractivity contribution in [1.82, 2.24) is 4.98 Å². The van der Waals surface area contributed by atoms with Crippen LogP contribution in [-0.2, 0) is 0 Å². The van der Waals surface area contributed by atoms with Crippen molar-refractivity contribution in [1.29, 1.82) is 5.26 Å². The van der Waals surface area contributed by atoms with Gasteiger partial charge in [-0.05, 0) is 12.1 Å². The summed E-state index contributed by atoms with van der Waals surface area (Å²) in [6, 6.07) is 9.97. The molecule has 0 aliphatic heterocycles. The van der Waals surface area contributed by atoms with Crippen LogP contribution in [0.15, 0.2) is 30.3 Å². The second kappa shape index (κ2) is 3.39. The lowest BCUT2D eigenvalue weighted by molar-refractivity contribution is 0.0699. The van der Waals surface area contributed by atoms with Gasteiger partial charge >= 0.3 is 5.97 Å². The molecule has 2 rings (SSSR count). The number of benzene rings is 1. The summed E-state index contributed by atoms with van der Waals surface area (Å²) < 4.78 is 0. The highest BCUT2D eigenvalue weighted by atomic mass is 16.4. The lowest BCUT2D eigenvalue weighted by atomic mass is 10.1. The zero-order valence-corrected chi connectivity index (χ0v) is 7.64. The van der Waals surface area contributed by atoms with E-state index in [1.165, 1.54) is 6.07 Å². The number of hydrogen-bond acceptors (Lipinski definition) is 3. The Kier molecular flexibility index (Phi) is 2.07. The van der Waals surface area contributed by atoms with Gasteiger partial charge in [0.25, 0.3) is 0 Å². The average molecular weight is 198 g/mol. The molecule has 0 unspecified atom stereocenters. The van der Waals surface area contributed by atoms with Crippen molar-refractivity contribution in [3.05, 3.63) is 41.6 Å². The molecule has 0 saturated heterocycles. The minimum Gasteiger partial charge on any atom is -0.478 e. The highest BCUT2D eigenvalue weighted by Crippen LogP contribution is 2.17. The van der Waals surface area contributed by atoms with Gasteiger partial charge in [-0.1, -0.05) is 18.2 Å². The molecular formula is C11H6N2O2. The Hall–Kier alpha value is -2.41. The van der Waals surface area contributed by atoms with E-state index in [1.54, 1.807) is 24.3 Å². The normalized spacial score (nSPS) is 9.80. The van der Waals surface area contributed by atoms with E-state index in [1.807, 2.05) is 6.07 Å². The van der Waals surface area contributed by atoms with Crippen LogP contribution < -0.4 is 0 Å². The number of hydrogen-bond donors (Lipinski definition) is 1. The molecule has 0 bridgehead atoms. The predicted molar refractivity (Wildman–Crippen MR) is 53.4 cm³/mol. The molecule has 0 amide bonds. The van der Waals surface area contributed by atoms with Crippen molar-refractivity contribution in [3.8, 4) is 6.07 Å². The van der Waals surface area contributed by atoms with Gasteiger partial charge in [0.15, 0.2) is 0 Å². The highest BCUT2D eigenvalue weighted by Gasteiger charge is 2.10. The minimum atomic E-state index is -1.05. The number of para-hydroxylation sites is 1. The first-order valence-electron chi connectivity index (χ1n) is 4.25. The molecule has 0 atom stereocenters. The molecule has 15 heavy (non-hydrogen) atoms. The molecule has 72 valence electrons. The number of pyridine rings is 1. The average Bonchev–Trinajstić information content (AvgIpc) is 2.27. The minimum absolute atomic E-state index is 0.108. The SMILES string of the molecule is N#Cc1cc(C(=O)O)c2ccccc2n1. The first-order chi connectivity index (χ1) is 7.22. The van der Waals surface area contributed by atoms with Crippen LogP contribution in [0.1, 0.15) is 16.1 Å². The fraction of sp³-hybridized carbons (Fsp3) is 0. The number of carboxylic acids is 1. The van der Waals surface area contributed by atoms with Crippen LogP contribution in [0, 0.1) is 11.3 Å². The lowest BCUT2D eigenvalue weighted by Crippen LogP contribution is -2.00. The summed E-state index contributed by atoms with van der Waals surface area (Å²) in [6.45, 7) is 0. The number of carboxylic acid groups (broad SMARTS) is 1. The van der Waals surface area contributed by atoms with Crippen LogP contribution in [0.3, 0.4) is 0 Å². The topological polar surface area (TPSA) is 74.0 Å². The van der Waals surface area contributed by atoms with Crippen molar-refractivity contribution in [2.24, 2.45) is 0 Å². The van der Waals surface area contributed by atoms with Gasteiger partial charge in [-0.3, -0.25) is 0 Å². The number of nitrogens with zero attached hydrogens (tertiary/aromatic N) is 2. The molecule has 1 N–H and O–H groups in total. The van der Waals surface area contributed by atoms with Gasteiger partial charge in [-0.2, -0.15) is 5.26 Å². The third kappa shape index (κ3) is 1.51. The summed E-state index contributed by atoms with van der Waals surface area (Å²) in [5.41, 5.74) is 0.747. The van der Waals surface area contributed by atoms with Crippen molar-refractivity contribution >= 4 is 16.9 Å². The Bertz CT molecular complexity index is 585. The van der Waals surface area contributed by atoms with Crippen molar-refractivity contribution < 1.29 is 9.90 Å². The van der Waals surface area contributed by atoms with Gasteiger partial charge in [-0.25, -0.2) is 9.78 Å². The molecule has 0 aliphatic carbocycles. The molecule has 1 heterocycles. The monoisotopic (exact) mass is 198 g/mol. The molecule has 0 fully saturated rings. The van der Waals surface area contributed by atoms with Gasteiger partial charge in [0.05, 0.1) is 11.1 Å². The van der Waals surface area contributed by atoms with Gasteiger partial charge in [0.1, 0.15) is 11.8 Å². The van der Waals surface area contributed by atoms with E-state index in [4.69, 9.17) is 10.4 Å². The predicted octanol–water partition coefficient (Wildman–Crippen LogP) is 1.80. The quantitative estimate of drug-likeness (QED) is 0.758. The zero-order chi connectivity index (χ0) is 10.8. The third-order valence-corrected chi connectivity index (χ3v) is 2.06. The standard InChI is InChI=1S/C11H6N2O2/c12-6-7-5-9(11(14)15)8-3-1-2-4-10(8)13-7/h1-5H,(H,14,15). The van der Waals surface area contributed by atoms with E-state index in [9.17, 15) is 4.79 Å². The van der Waals surface area contributed by atoms with Crippen LogP contribution in [-0.4, -0.2) is 16.1 Å². The van der Waals surface area contributed by atoms with Gasteiger partial charge in [0.2, 0.25) is 0 Å². The van der Waals surface area contributed by atoms with Gasteiger partial charge in [-0.15, -0.1) is 0 Å². The maximum Gasteiger partial charge on any atom is 0.336 e. The molecule has 1 aromatic heterocycles. The second-order valence-corrected chi connectivity index (χ2v) is 2.99. The van der Waals surface area contributed by atoms with Crippen LogP contribution in [0.2, 0.25) is 0 Å². The molecule has 0 aliphatic rings. The Morgan fingerprint density at radius 3 is 2.80 bits per heavy atom. The first-order valence-corrected chi connectivity index (χ1v) is 4.25. The van der Waals surface area contributed by atoms with Crippen molar-refractivity contribution in [3.63, 3.8) is 0 Å². The summed E-state index contributed by atoms with van der Waals surface area (Å²) in [5, 5.41) is 18.2. The number of aromatic nitrogens is 1. The van der Waals surface area contributed by atoms with E-state index in [0.29, 0.717) is 10.9 Å². The van der Waals surface area contributed by atoms with Crippen molar-refractivity contribution in [2.45, 2.75) is 0 Å². The number of nitriles is 1. The molecule has 2 aromatic rings. The van der Waals surface area contributed by atoms with Crippen LogP contribution >= 0.6 is 0 Å². The summed E-state index contributed by atoms with van der Waals surface area (Å²) >= 11 is 0. The highest BCUT2D eigenvalue weighted by molar-refractivity contribution is 6.02. The summed E-state index contributed by atoms with van der Waals surface area (Å²) in [6.07, 6.45) is 0. The van der Waals surface area contributed by atoms with E-state index >= 15 is 0 Å². The molecular weight excluding hydrogens is 192 g/mol. The molecule has 0 spiro atoms. The van der Waals surface area contributed by atoms with Crippen LogP contribution in [0.5, 0.6) is 0 Å². The third-order valence-electron chi connectivity index (χ3n) is 2.06. The molecule has 0 radical (unpaired) electrons. The van der Waals surface area contributed by atoms with E-state index < -0.39 is 5.97 Å². The number of carbonyl (C=O) groups is 1. The Morgan fingerprint density at radius 1 is 1.40 bits per heavy atom. The van der Waals surface area contributed by atoms with E-state index in [-0.39, 0.29) is 11.3 Å². The Morgan fingerprint density at radius 2 is 2.13 bits per heavy atom. The smallest absolute Gasteiger partial charge is 0.336 e. The molecule has 1 aromatic carbocycles.